The van der Waals surface area contributed by atoms with Crippen molar-refractivity contribution >= 4 is 41.0 Å². The van der Waals surface area contributed by atoms with Crippen LogP contribution in [0.3, 0.4) is 0 Å². The first-order valence-electron chi connectivity index (χ1n) is 16.9. The Morgan fingerprint density at radius 1 is 0.920 bits per heavy atom. The van der Waals surface area contributed by atoms with Gasteiger partial charge in [-0.3, -0.25) is 14.4 Å². The van der Waals surface area contributed by atoms with Crippen LogP contribution in [0.5, 0.6) is 5.75 Å². The van der Waals surface area contributed by atoms with Gasteiger partial charge >= 0.3 is 5.97 Å². The molecule has 0 saturated heterocycles. The molecular formula is C40H40Cl2N2O6. The summed E-state index contributed by atoms with van der Waals surface area (Å²) in [4.78, 5) is 42.6. The predicted molar refractivity (Wildman–Crippen MR) is 193 cm³/mol. The number of amides is 2. The monoisotopic (exact) mass is 714 g/mol. The van der Waals surface area contributed by atoms with Gasteiger partial charge in [-0.2, -0.15) is 0 Å². The Balaban J connectivity index is 1.26. The number of fused-ring (bicyclic) bond motifs is 1. The van der Waals surface area contributed by atoms with Crippen LogP contribution in [0.4, 0.5) is 0 Å². The van der Waals surface area contributed by atoms with Crippen LogP contribution in [0.25, 0.3) is 0 Å². The van der Waals surface area contributed by atoms with Gasteiger partial charge in [0.2, 0.25) is 5.91 Å². The number of hydrogen-bond donors (Lipinski definition) is 3. The number of ether oxygens (including phenoxy) is 1. The molecule has 1 aliphatic carbocycles. The van der Waals surface area contributed by atoms with E-state index in [0.717, 1.165) is 24.0 Å². The minimum atomic E-state index is -0.920. The van der Waals surface area contributed by atoms with Gasteiger partial charge in [0.25, 0.3) is 5.91 Å². The molecule has 5 unspecified atom stereocenters. The van der Waals surface area contributed by atoms with E-state index >= 15 is 0 Å². The molecule has 4 aromatic carbocycles. The fourth-order valence-electron chi connectivity index (χ4n) is 7.44. The first-order valence-corrected chi connectivity index (χ1v) is 17.7. The number of rotatable bonds is 11. The van der Waals surface area contributed by atoms with Crippen molar-refractivity contribution in [3.8, 4) is 5.75 Å². The van der Waals surface area contributed by atoms with Gasteiger partial charge in [0.1, 0.15) is 5.75 Å². The zero-order chi connectivity index (χ0) is 35.4. The molecule has 4 aromatic rings. The third-order valence-corrected chi connectivity index (χ3v) is 10.5. The van der Waals surface area contributed by atoms with Gasteiger partial charge in [0, 0.05) is 22.2 Å². The van der Waals surface area contributed by atoms with Gasteiger partial charge in [-0.15, -0.1) is 0 Å². The van der Waals surface area contributed by atoms with Crippen molar-refractivity contribution < 1.29 is 29.3 Å². The summed E-state index contributed by atoms with van der Waals surface area (Å²) in [5, 5.41) is 25.2. The summed E-state index contributed by atoms with van der Waals surface area (Å²) in [5.74, 6) is -2.31. The second-order valence-corrected chi connectivity index (χ2v) is 13.9. The first-order chi connectivity index (χ1) is 24.2. The number of benzene rings is 4. The molecule has 6 rings (SSSR count). The van der Waals surface area contributed by atoms with E-state index < -0.39 is 36.0 Å². The molecule has 10 heteroatoms. The minimum Gasteiger partial charge on any atom is -0.497 e. The van der Waals surface area contributed by atoms with Gasteiger partial charge < -0.3 is 25.2 Å². The summed E-state index contributed by atoms with van der Waals surface area (Å²) in [5.41, 5.74) is 4.05. The van der Waals surface area contributed by atoms with E-state index in [1.165, 1.54) is 0 Å². The lowest BCUT2D eigenvalue weighted by molar-refractivity contribution is -0.138. The Morgan fingerprint density at radius 2 is 1.68 bits per heavy atom. The second-order valence-electron chi connectivity index (χ2n) is 13.0. The molecule has 3 N–H and O–H groups in total. The molecule has 1 heterocycles. The van der Waals surface area contributed by atoms with Crippen molar-refractivity contribution in [2.45, 2.75) is 68.5 Å². The van der Waals surface area contributed by atoms with Crippen LogP contribution in [-0.4, -0.2) is 58.7 Å². The second kappa shape index (κ2) is 15.7. The summed E-state index contributed by atoms with van der Waals surface area (Å²) in [6.07, 6.45) is 2.93. The van der Waals surface area contributed by atoms with Gasteiger partial charge in [-0.25, -0.2) is 0 Å². The number of aliphatic carboxylic acids is 1. The molecule has 1 saturated carbocycles. The SMILES string of the molecule is COc1ccc(CC(C(=O)O)c2cccc(CCNC(=O)C3c4ccccc4C(=O)N(C4CCCCC4O)C3c3ccc(Cl)cc3Cl)c2)cc1. The fourth-order valence-corrected chi connectivity index (χ4v) is 7.96. The zero-order valence-corrected chi connectivity index (χ0v) is 29.2. The Bertz CT molecular complexity index is 1870. The Labute approximate surface area is 302 Å². The van der Waals surface area contributed by atoms with E-state index in [9.17, 15) is 24.6 Å². The molecule has 0 aromatic heterocycles. The summed E-state index contributed by atoms with van der Waals surface area (Å²) in [7, 11) is 1.59. The minimum absolute atomic E-state index is 0.244. The quantitative estimate of drug-likeness (QED) is 0.150. The molecule has 2 amide bonds. The third-order valence-electron chi connectivity index (χ3n) is 9.95. The van der Waals surface area contributed by atoms with E-state index in [1.807, 2.05) is 54.6 Å². The highest BCUT2D eigenvalue weighted by Gasteiger charge is 2.48. The number of hydrogen-bond acceptors (Lipinski definition) is 5. The number of aliphatic hydroxyl groups is 1. The number of nitrogens with one attached hydrogen (secondary N) is 1. The summed E-state index contributed by atoms with van der Waals surface area (Å²) in [6, 6.07) is 25.7. The number of nitrogens with zero attached hydrogens (tertiary/aromatic N) is 1. The van der Waals surface area contributed by atoms with Crippen molar-refractivity contribution in [2.24, 2.45) is 0 Å². The maximum atomic E-state index is 14.4. The topological polar surface area (TPSA) is 116 Å². The number of carbonyl (C=O) groups is 3. The normalized spacial score (nSPS) is 20.9. The molecule has 1 fully saturated rings. The maximum Gasteiger partial charge on any atom is 0.311 e. The van der Waals surface area contributed by atoms with Crippen LogP contribution in [0.1, 0.15) is 81.7 Å². The first kappa shape index (κ1) is 35.5. The molecule has 8 nitrogen and oxygen atoms in total. The van der Waals surface area contributed by atoms with Crippen molar-refractivity contribution in [1.82, 2.24) is 10.2 Å². The standard InChI is InChI=1S/C40H40Cl2N2O6/c1-50-28-16-13-25(14-17-28)22-32(40(48)49)26-8-6-7-24(21-26)19-20-43-38(46)36-29-9-2-3-10-30(29)39(47)44(34-11-4-5-12-35(34)45)37(36)31-18-15-27(41)23-33(31)42/h2-3,6-10,13-18,21,23,32,34-37,45H,4-5,11-12,19-20,22H2,1H3,(H,43,46)(H,48,49). The van der Waals surface area contributed by atoms with Gasteiger partial charge in [-0.1, -0.05) is 96.7 Å². The van der Waals surface area contributed by atoms with Crippen LogP contribution in [0, 0.1) is 0 Å². The Hall–Kier alpha value is -4.37. The van der Waals surface area contributed by atoms with E-state index in [2.05, 4.69) is 5.32 Å². The molecule has 5 atom stereocenters. The highest BCUT2D eigenvalue weighted by atomic mass is 35.5. The van der Waals surface area contributed by atoms with E-state index in [-0.39, 0.29) is 18.4 Å². The van der Waals surface area contributed by atoms with E-state index in [1.54, 1.807) is 48.4 Å². The molecule has 260 valence electrons. The molecule has 50 heavy (non-hydrogen) atoms. The number of carboxylic acid groups (broad SMARTS) is 1. The van der Waals surface area contributed by atoms with E-state index in [0.29, 0.717) is 63.7 Å². The van der Waals surface area contributed by atoms with Crippen molar-refractivity contribution in [3.63, 3.8) is 0 Å². The average molecular weight is 716 g/mol. The molecule has 2 aliphatic rings. The predicted octanol–water partition coefficient (Wildman–Crippen LogP) is 7.36. The fraction of sp³-hybridized carbons (Fsp3) is 0.325. The lowest BCUT2D eigenvalue weighted by Crippen LogP contribution is -2.55. The molecule has 1 aliphatic heterocycles. The number of carbonyl (C=O) groups excluding carboxylic acids is 2. The van der Waals surface area contributed by atoms with Crippen LogP contribution in [0.2, 0.25) is 10.0 Å². The number of aliphatic hydroxyl groups excluding tert-OH is 1. The number of carboxylic acids is 1. The highest BCUT2D eigenvalue weighted by Crippen LogP contribution is 2.47. The van der Waals surface area contributed by atoms with Gasteiger partial charge in [0.05, 0.1) is 37.1 Å². The zero-order valence-electron chi connectivity index (χ0n) is 27.7. The van der Waals surface area contributed by atoms with Crippen molar-refractivity contribution in [1.29, 1.82) is 0 Å². The molecular weight excluding hydrogens is 675 g/mol. The Kier molecular flexibility index (Phi) is 11.1. The number of halogens is 2. The summed E-state index contributed by atoms with van der Waals surface area (Å²) >= 11 is 13.1. The maximum absolute atomic E-state index is 14.4. The Morgan fingerprint density at radius 3 is 2.40 bits per heavy atom. The van der Waals surface area contributed by atoms with Gasteiger partial charge in [0.15, 0.2) is 0 Å². The highest BCUT2D eigenvalue weighted by molar-refractivity contribution is 6.35. The van der Waals surface area contributed by atoms with Crippen molar-refractivity contribution in [3.05, 3.63) is 134 Å². The van der Waals surface area contributed by atoms with Gasteiger partial charge in [-0.05, 0) is 83.8 Å². The summed E-state index contributed by atoms with van der Waals surface area (Å²) < 4.78 is 5.23. The molecule has 0 bridgehead atoms. The summed E-state index contributed by atoms with van der Waals surface area (Å²) in [6.45, 7) is 0.276. The molecule has 0 radical (unpaired) electrons. The lowest BCUT2D eigenvalue weighted by Gasteiger charge is -2.48. The van der Waals surface area contributed by atoms with Crippen LogP contribution < -0.4 is 10.1 Å². The number of methoxy groups -OCH3 is 1. The smallest absolute Gasteiger partial charge is 0.311 e. The lowest BCUT2D eigenvalue weighted by atomic mass is 9.76. The van der Waals surface area contributed by atoms with Crippen molar-refractivity contribution in [2.75, 3.05) is 13.7 Å². The van der Waals surface area contributed by atoms with E-state index in [4.69, 9.17) is 27.9 Å². The third kappa shape index (κ3) is 7.53. The van der Waals surface area contributed by atoms with Crippen LogP contribution in [0.15, 0.2) is 91.0 Å². The average Bonchev–Trinajstić information content (AvgIpc) is 3.11. The largest absolute Gasteiger partial charge is 0.497 e. The molecule has 0 spiro atoms. The van der Waals surface area contributed by atoms with Crippen LogP contribution >= 0.6 is 23.2 Å². The van der Waals surface area contributed by atoms with Crippen LogP contribution in [-0.2, 0) is 22.4 Å².